The van der Waals surface area contributed by atoms with E-state index in [0.29, 0.717) is 28.2 Å². The Labute approximate surface area is 201 Å². The Kier molecular flexibility index (Phi) is 5.68. The smallest absolute Gasteiger partial charge is 0.312 e. The lowest BCUT2D eigenvalue weighted by atomic mass is 9.85. The van der Waals surface area contributed by atoms with Crippen LogP contribution in [0.25, 0.3) is 22.1 Å². The summed E-state index contributed by atoms with van der Waals surface area (Å²) >= 11 is 0. The van der Waals surface area contributed by atoms with Crippen LogP contribution in [0, 0.1) is 0 Å². The fourth-order valence-corrected chi connectivity index (χ4v) is 4.44. The second-order valence-electron chi connectivity index (χ2n) is 8.69. The topological polar surface area (TPSA) is 95.2 Å². The third-order valence-electron chi connectivity index (χ3n) is 6.03. The molecule has 5 rings (SSSR count). The predicted molar refractivity (Wildman–Crippen MR) is 130 cm³/mol. The van der Waals surface area contributed by atoms with E-state index in [4.69, 9.17) is 18.6 Å². The van der Waals surface area contributed by atoms with E-state index in [-0.39, 0.29) is 40.4 Å². The van der Waals surface area contributed by atoms with E-state index in [1.165, 1.54) is 12.3 Å². The van der Waals surface area contributed by atoms with Crippen molar-refractivity contribution in [2.45, 2.75) is 32.3 Å². The van der Waals surface area contributed by atoms with E-state index in [0.717, 1.165) is 5.56 Å². The summed E-state index contributed by atoms with van der Waals surface area (Å²) < 4.78 is 22.3. The first-order valence-electron chi connectivity index (χ1n) is 11.3. The number of phenols is 1. The first-order valence-corrected chi connectivity index (χ1v) is 11.3. The molecule has 0 fully saturated rings. The maximum atomic E-state index is 13.5. The minimum absolute atomic E-state index is 0.0346. The van der Waals surface area contributed by atoms with Crippen LogP contribution in [0.4, 0.5) is 0 Å². The van der Waals surface area contributed by atoms with E-state index in [2.05, 4.69) is 0 Å². The number of ether oxygens (including phenoxy) is 3. The van der Waals surface area contributed by atoms with Crippen molar-refractivity contribution in [2.24, 2.45) is 0 Å². The monoisotopic (exact) mass is 472 g/mol. The molecule has 0 aliphatic carbocycles. The van der Waals surface area contributed by atoms with Crippen molar-refractivity contribution < 1.29 is 28.5 Å². The second kappa shape index (κ2) is 8.83. The zero-order valence-corrected chi connectivity index (χ0v) is 19.5. The van der Waals surface area contributed by atoms with Crippen LogP contribution in [0.15, 0.2) is 70.1 Å². The molecule has 0 unspecified atom stereocenters. The molecule has 1 aliphatic heterocycles. The van der Waals surface area contributed by atoms with Gasteiger partial charge in [0.15, 0.2) is 0 Å². The number of benzene rings is 3. The van der Waals surface area contributed by atoms with Crippen molar-refractivity contribution in [3.8, 4) is 34.1 Å². The molecule has 4 aromatic rings. The van der Waals surface area contributed by atoms with Gasteiger partial charge in [0.2, 0.25) is 5.43 Å². The van der Waals surface area contributed by atoms with E-state index < -0.39 is 11.9 Å². The van der Waals surface area contributed by atoms with Gasteiger partial charge in [0.1, 0.15) is 40.2 Å². The second-order valence-corrected chi connectivity index (χ2v) is 8.69. The molecule has 0 saturated heterocycles. The van der Waals surface area contributed by atoms with Crippen LogP contribution in [0.2, 0.25) is 0 Å². The van der Waals surface area contributed by atoms with E-state index in [1.54, 1.807) is 31.4 Å². The van der Waals surface area contributed by atoms with Gasteiger partial charge in [0.25, 0.3) is 0 Å². The molecule has 1 aliphatic rings. The fourth-order valence-electron chi connectivity index (χ4n) is 4.44. The number of hydrogen-bond acceptors (Lipinski definition) is 7. The van der Waals surface area contributed by atoms with Crippen LogP contribution in [0.5, 0.6) is 23.0 Å². The highest BCUT2D eigenvalue weighted by Gasteiger charge is 2.33. The summed E-state index contributed by atoms with van der Waals surface area (Å²) in [5, 5.41) is 10.8. The molecule has 178 valence electrons. The van der Waals surface area contributed by atoms with E-state index in [9.17, 15) is 14.7 Å². The van der Waals surface area contributed by atoms with Crippen molar-refractivity contribution in [3.63, 3.8) is 0 Å². The zero-order chi connectivity index (χ0) is 24.7. The Morgan fingerprint density at radius 3 is 2.34 bits per heavy atom. The first kappa shape index (κ1) is 22.5. The largest absolute Gasteiger partial charge is 0.507 e. The normalized spacial score (nSPS) is 15.1. The van der Waals surface area contributed by atoms with E-state index >= 15 is 0 Å². The highest BCUT2D eigenvalue weighted by atomic mass is 16.5. The molecule has 1 N–H and O–H groups in total. The first-order chi connectivity index (χ1) is 16.9. The Balaban J connectivity index is 1.66. The minimum Gasteiger partial charge on any atom is -0.507 e. The Morgan fingerprint density at radius 1 is 1.00 bits per heavy atom. The van der Waals surface area contributed by atoms with Gasteiger partial charge < -0.3 is 23.7 Å². The third kappa shape index (κ3) is 4.10. The summed E-state index contributed by atoms with van der Waals surface area (Å²) in [6, 6.07) is 15.7. The Morgan fingerprint density at radius 2 is 1.69 bits per heavy atom. The van der Waals surface area contributed by atoms with Gasteiger partial charge in [-0.05, 0) is 49.2 Å². The third-order valence-corrected chi connectivity index (χ3v) is 6.03. The lowest BCUT2D eigenvalue weighted by Gasteiger charge is -2.26. The number of phenolic OH excluding ortho intramolecular Hbond substituents is 1. The van der Waals surface area contributed by atoms with Gasteiger partial charge in [-0.1, -0.05) is 24.3 Å². The quantitative estimate of drug-likeness (QED) is 0.307. The summed E-state index contributed by atoms with van der Waals surface area (Å²) in [6.07, 6.45) is 1.48. The molecule has 2 heterocycles. The molecule has 0 radical (unpaired) electrons. The van der Waals surface area contributed by atoms with Gasteiger partial charge >= 0.3 is 5.97 Å². The van der Waals surface area contributed by atoms with Gasteiger partial charge in [-0.25, -0.2) is 0 Å². The van der Waals surface area contributed by atoms with Crippen molar-refractivity contribution in [1.29, 1.82) is 0 Å². The van der Waals surface area contributed by atoms with Crippen molar-refractivity contribution in [1.82, 2.24) is 0 Å². The molecular weight excluding hydrogens is 448 g/mol. The zero-order valence-electron chi connectivity index (χ0n) is 19.5. The summed E-state index contributed by atoms with van der Waals surface area (Å²) in [7, 11) is 1.56. The van der Waals surface area contributed by atoms with Gasteiger partial charge in [-0.15, -0.1) is 0 Å². The van der Waals surface area contributed by atoms with Crippen molar-refractivity contribution >= 4 is 16.9 Å². The van der Waals surface area contributed by atoms with Gasteiger partial charge in [-0.3, -0.25) is 9.59 Å². The molecule has 7 heteroatoms. The van der Waals surface area contributed by atoms with Crippen LogP contribution >= 0.6 is 0 Å². The number of esters is 1. The number of methoxy groups -OCH3 is 1. The van der Waals surface area contributed by atoms with Crippen molar-refractivity contribution in [3.05, 3.63) is 82.2 Å². The molecule has 0 amide bonds. The van der Waals surface area contributed by atoms with Crippen molar-refractivity contribution in [2.75, 3.05) is 7.11 Å². The highest BCUT2D eigenvalue weighted by molar-refractivity contribution is 5.94. The molecule has 3 aromatic carbocycles. The van der Waals surface area contributed by atoms with Gasteiger partial charge in [-0.2, -0.15) is 0 Å². The number of hydrogen-bond donors (Lipinski definition) is 1. The SMILES string of the molecule is COc1ccc(-c2coc3c4c(cc(O)c3c2=O)OC(=O)C[C@H]4c2ccc(OC(C)C)cc2)cc1. The number of carbonyl (C=O) groups is 1. The van der Waals surface area contributed by atoms with Gasteiger partial charge in [0, 0.05) is 17.5 Å². The number of fused-ring (bicyclic) bond motifs is 3. The molecule has 0 spiro atoms. The lowest BCUT2D eigenvalue weighted by molar-refractivity contribution is -0.135. The van der Waals surface area contributed by atoms with Crippen LogP contribution in [-0.2, 0) is 4.79 Å². The highest BCUT2D eigenvalue weighted by Crippen LogP contribution is 2.45. The maximum Gasteiger partial charge on any atom is 0.312 e. The summed E-state index contributed by atoms with van der Waals surface area (Å²) in [4.78, 5) is 25.9. The van der Waals surface area contributed by atoms with Crippen LogP contribution < -0.4 is 19.6 Å². The van der Waals surface area contributed by atoms with Crippen LogP contribution in [-0.4, -0.2) is 24.3 Å². The standard InChI is InChI=1S/C28H24O7/c1-15(2)34-19-10-6-16(7-11-19)20-12-24(30)35-23-13-22(29)26-27(31)21(14-33-28(26)25(20)23)17-4-8-18(32-3)9-5-17/h4-11,13-15,20,29H,12H2,1-3H3/t20-/m0/s1. The average Bonchev–Trinajstić information content (AvgIpc) is 2.83. The number of aromatic hydroxyl groups is 1. The average molecular weight is 472 g/mol. The van der Waals surface area contributed by atoms with Crippen LogP contribution in [0.3, 0.4) is 0 Å². The molecule has 0 bridgehead atoms. The summed E-state index contributed by atoms with van der Waals surface area (Å²) in [6.45, 7) is 3.89. The Hall–Kier alpha value is -4.26. The number of rotatable bonds is 5. The fraction of sp³-hybridized carbons (Fsp3) is 0.214. The van der Waals surface area contributed by atoms with Crippen LogP contribution in [0.1, 0.15) is 37.3 Å². The molecular formula is C28H24O7. The summed E-state index contributed by atoms with van der Waals surface area (Å²) in [5.41, 5.74) is 2.13. The van der Waals surface area contributed by atoms with E-state index in [1.807, 2.05) is 38.1 Å². The maximum absolute atomic E-state index is 13.5. The van der Waals surface area contributed by atoms with Gasteiger partial charge in [0.05, 0.1) is 25.2 Å². The summed E-state index contributed by atoms with van der Waals surface area (Å²) in [5.74, 6) is 0.397. The molecule has 1 atom stereocenters. The predicted octanol–water partition coefficient (Wildman–Crippen LogP) is 5.40. The molecule has 7 nitrogen and oxygen atoms in total. The molecule has 0 saturated carbocycles. The number of carbonyl (C=O) groups excluding carboxylic acids is 1. The Bertz CT molecular complexity index is 1460. The minimum atomic E-state index is -0.430. The lowest BCUT2D eigenvalue weighted by Crippen LogP contribution is -2.22. The molecule has 1 aromatic heterocycles. The molecule has 35 heavy (non-hydrogen) atoms.